The molecule has 1 aromatic rings. The van der Waals surface area contributed by atoms with Crippen molar-refractivity contribution in [3.8, 4) is 0 Å². The van der Waals surface area contributed by atoms with Gasteiger partial charge in [-0.3, -0.25) is 4.79 Å². The van der Waals surface area contributed by atoms with E-state index in [2.05, 4.69) is 50.5 Å². The number of carboxylic acid groups (broad SMARTS) is 1. The minimum atomic E-state index is -0.844. The zero-order chi connectivity index (χ0) is 28.5. The molecule has 40 heavy (non-hydrogen) atoms. The van der Waals surface area contributed by atoms with Gasteiger partial charge in [0.05, 0.1) is 12.1 Å². The predicted octanol–water partition coefficient (Wildman–Crippen LogP) is 7.02. The third-order valence-electron chi connectivity index (χ3n) is 14.0. The lowest BCUT2D eigenvalue weighted by Crippen LogP contribution is -2.64. The Labute approximate surface area is 241 Å². The van der Waals surface area contributed by atoms with Crippen LogP contribution in [-0.2, 0) is 4.79 Å². The molecule has 9 atom stereocenters. The molecule has 220 valence electrons. The smallest absolute Gasteiger partial charge is 0.335 e. The highest BCUT2D eigenvalue weighted by Crippen LogP contribution is 2.73. The highest BCUT2D eigenvalue weighted by Gasteiger charge is 2.66. The van der Waals surface area contributed by atoms with E-state index < -0.39 is 5.97 Å². The first-order valence-corrected chi connectivity index (χ1v) is 16.3. The summed E-state index contributed by atoms with van der Waals surface area (Å²) in [6, 6.07) is 7.78. The van der Waals surface area contributed by atoms with Crippen molar-refractivity contribution in [1.29, 1.82) is 0 Å². The van der Waals surface area contributed by atoms with Gasteiger partial charge in [-0.2, -0.15) is 0 Å². The fraction of sp³-hybridized carbons (Fsp3) is 0.771. The molecule has 5 saturated carbocycles. The number of rotatable bonds is 5. The van der Waals surface area contributed by atoms with Crippen LogP contribution in [0.25, 0.3) is 0 Å². The molecular weight excluding hydrogens is 496 g/mol. The van der Waals surface area contributed by atoms with Crippen molar-refractivity contribution in [2.24, 2.45) is 45.8 Å². The van der Waals surface area contributed by atoms with Gasteiger partial charge >= 0.3 is 5.97 Å². The van der Waals surface area contributed by atoms with Crippen LogP contribution in [-0.4, -0.2) is 36.1 Å². The van der Waals surface area contributed by atoms with Gasteiger partial charge in [0, 0.05) is 12.6 Å². The number of nitrogens with one attached hydrogen (secondary N) is 2. The molecule has 0 radical (unpaired) electrons. The molecule has 0 heterocycles. The van der Waals surface area contributed by atoms with Crippen LogP contribution in [0.5, 0.6) is 0 Å². The van der Waals surface area contributed by atoms with E-state index in [1.807, 2.05) is 0 Å². The van der Waals surface area contributed by atoms with E-state index in [1.54, 1.807) is 19.2 Å². The molecule has 0 bridgehead atoms. The molecule has 5 nitrogen and oxygen atoms in total. The van der Waals surface area contributed by atoms with Crippen molar-refractivity contribution in [3.63, 3.8) is 0 Å². The summed E-state index contributed by atoms with van der Waals surface area (Å²) in [5.41, 5.74) is 2.84. The quantitative estimate of drug-likeness (QED) is 0.369. The summed E-state index contributed by atoms with van der Waals surface area (Å²) in [7, 11) is 1.74. The fourth-order valence-corrected chi connectivity index (χ4v) is 12.3. The number of fused-ring (bicyclic) bond motifs is 7. The van der Waals surface area contributed by atoms with Crippen LogP contribution in [0.3, 0.4) is 0 Å². The summed E-state index contributed by atoms with van der Waals surface area (Å²) in [5.74, 6) is 3.55. The van der Waals surface area contributed by atoms with Crippen LogP contribution >= 0.6 is 0 Å². The van der Waals surface area contributed by atoms with Crippen LogP contribution in [0.2, 0.25) is 0 Å². The summed E-state index contributed by atoms with van der Waals surface area (Å²) >= 11 is 0. The SMILES string of the molecule is CNC(=O)CN[C@]12CCCC1[C@H]1CCC3[C@@](C)(CCC4C(C)(C)[C@@H](c5ccc(C(=O)O)cc5)CC[C@@]43C)C1CC2. The molecule has 5 fully saturated rings. The number of hydrogen-bond acceptors (Lipinski definition) is 3. The number of carbonyl (C=O) groups excluding carboxylic acids is 1. The zero-order valence-corrected chi connectivity index (χ0v) is 25.5. The maximum absolute atomic E-state index is 12.1. The van der Waals surface area contributed by atoms with Crippen LogP contribution in [0.4, 0.5) is 0 Å². The average molecular weight is 549 g/mol. The third-order valence-corrected chi connectivity index (χ3v) is 14.0. The number of amides is 1. The van der Waals surface area contributed by atoms with E-state index >= 15 is 0 Å². The largest absolute Gasteiger partial charge is 0.478 e. The van der Waals surface area contributed by atoms with Gasteiger partial charge in [0.15, 0.2) is 0 Å². The number of carbonyl (C=O) groups is 2. The van der Waals surface area contributed by atoms with E-state index in [1.165, 1.54) is 76.2 Å². The normalized spacial score (nSPS) is 43.5. The summed E-state index contributed by atoms with van der Waals surface area (Å²) in [5, 5.41) is 16.0. The first kappa shape index (κ1) is 28.2. The number of benzene rings is 1. The number of hydrogen-bond donors (Lipinski definition) is 3. The lowest BCUT2D eigenvalue weighted by molar-refractivity contribution is -0.195. The maximum atomic E-state index is 12.1. The topological polar surface area (TPSA) is 78.4 Å². The minimum Gasteiger partial charge on any atom is -0.478 e. The predicted molar refractivity (Wildman–Crippen MR) is 159 cm³/mol. The first-order valence-electron chi connectivity index (χ1n) is 16.3. The van der Waals surface area contributed by atoms with E-state index in [4.69, 9.17) is 0 Å². The highest BCUT2D eigenvalue weighted by atomic mass is 16.4. The Morgan fingerprint density at radius 1 is 0.825 bits per heavy atom. The van der Waals surface area contributed by atoms with E-state index in [-0.39, 0.29) is 16.9 Å². The van der Waals surface area contributed by atoms with Crippen LogP contribution < -0.4 is 10.6 Å². The van der Waals surface area contributed by atoms with Gasteiger partial charge in [0.2, 0.25) is 5.91 Å². The Morgan fingerprint density at radius 3 is 2.25 bits per heavy atom. The highest BCUT2D eigenvalue weighted by molar-refractivity contribution is 5.87. The van der Waals surface area contributed by atoms with Gasteiger partial charge in [0.1, 0.15) is 0 Å². The molecule has 3 N–H and O–H groups in total. The summed E-state index contributed by atoms with van der Waals surface area (Å²) < 4.78 is 0. The van der Waals surface area contributed by atoms with E-state index in [0.29, 0.717) is 34.8 Å². The van der Waals surface area contributed by atoms with E-state index in [0.717, 1.165) is 23.7 Å². The van der Waals surface area contributed by atoms with Crippen molar-refractivity contribution in [3.05, 3.63) is 35.4 Å². The minimum absolute atomic E-state index is 0.111. The first-order chi connectivity index (χ1) is 19.0. The summed E-state index contributed by atoms with van der Waals surface area (Å²) in [6.45, 7) is 10.9. The third kappa shape index (κ3) is 4.11. The Morgan fingerprint density at radius 2 is 1.55 bits per heavy atom. The molecule has 0 aliphatic heterocycles. The lowest BCUT2D eigenvalue weighted by Gasteiger charge is -2.69. The monoisotopic (exact) mass is 548 g/mol. The molecule has 5 heteroatoms. The van der Waals surface area contributed by atoms with Crippen molar-refractivity contribution in [2.45, 2.75) is 110 Å². The molecule has 4 unspecified atom stereocenters. The molecule has 0 saturated heterocycles. The second-order valence-electron chi connectivity index (χ2n) is 15.6. The zero-order valence-electron chi connectivity index (χ0n) is 25.5. The van der Waals surface area contributed by atoms with Crippen LogP contribution in [0.15, 0.2) is 24.3 Å². The molecular formula is C35H52N2O3. The molecule has 5 aliphatic rings. The summed E-state index contributed by atoms with van der Waals surface area (Å²) in [6.07, 6.45) is 14.3. The second-order valence-corrected chi connectivity index (χ2v) is 15.6. The van der Waals surface area contributed by atoms with Gasteiger partial charge in [-0.05, 0) is 134 Å². The fourth-order valence-electron chi connectivity index (χ4n) is 12.3. The lowest BCUT2D eigenvalue weighted by atomic mass is 9.35. The van der Waals surface area contributed by atoms with Crippen molar-refractivity contribution < 1.29 is 14.7 Å². The molecule has 0 aromatic heterocycles. The van der Waals surface area contributed by atoms with E-state index in [9.17, 15) is 14.7 Å². The Kier molecular flexibility index (Phi) is 6.96. The second kappa shape index (κ2) is 9.85. The Bertz CT molecular complexity index is 1150. The van der Waals surface area contributed by atoms with Crippen LogP contribution in [0.1, 0.15) is 120 Å². The van der Waals surface area contributed by atoms with Gasteiger partial charge in [-0.15, -0.1) is 0 Å². The molecule has 0 spiro atoms. The van der Waals surface area contributed by atoms with Gasteiger partial charge in [-0.25, -0.2) is 4.79 Å². The Hall–Kier alpha value is -1.88. The van der Waals surface area contributed by atoms with Gasteiger partial charge in [0.25, 0.3) is 0 Å². The maximum Gasteiger partial charge on any atom is 0.335 e. The number of likely N-dealkylation sites (N-methyl/N-ethyl adjacent to an activating group) is 1. The standard InChI is InChI=1S/C35H52N2O3/c1-32(2)25(22-8-10-23(11-9-22)31(39)40)14-18-34(4)28(32)16-19-33(3)26-15-20-35(37-21-30(38)36-5)17-6-7-27(35)24(26)12-13-29(33)34/h8-11,24-29,37H,6-7,12-21H2,1-5H3,(H,36,38)(H,39,40)/t24-,25+,26?,27?,28?,29?,33-,34-,35-/m0/s1. The summed E-state index contributed by atoms with van der Waals surface area (Å²) in [4.78, 5) is 23.6. The number of carboxylic acids is 1. The Balaban J connectivity index is 1.24. The average Bonchev–Trinajstić information content (AvgIpc) is 3.36. The van der Waals surface area contributed by atoms with Crippen LogP contribution in [0, 0.1) is 45.8 Å². The van der Waals surface area contributed by atoms with Crippen molar-refractivity contribution in [1.82, 2.24) is 10.6 Å². The van der Waals surface area contributed by atoms with Gasteiger partial charge < -0.3 is 15.7 Å². The molecule has 1 amide bonds. The molecule has 5 aliphatic carbocycles. The van der Waals surface area contributed by atoms with Gasteiger partial charge in [-0.1, -0.05) is 46.2 Å². The number of aromatic carboxylic acids is 1. The van der Waals surface area contributed by atoms with Crippen molar-refractivity contribution in [2.75, 3.05) is 13.6 Å². The van der Waals surface area contributed by atoms with Crippen molar-refractivity contribution >= 4 is 11.9 Å². The molecule has 1 aromatic carbocycles. The molecule has 6 rings (SSSR count).